The van der Waals surface area contributed by atoms with Crippen molar-refractivity contribution in [2.75, 3.05) is 23.8 Å². The molecule has 0 fully saturated rings. The summed E-state index contributed by atoms with van der Waals surface area (Å²) in [6.07, 6.45) is 0. The van der Waals surface area contributed by atoms with Crippen molar-refractivity contribution in [3.05, 3.63) is 47.5 Å². The second kappa shape index (κ2) is 6.62. The summed E-state index contributed by atoms with van der Waals surface area (Å²) in [7, 11) is 0. The molecule has 0 aliphatic carbocycles. The molecule has 0 bridgehead atoms. The first-order chi connectivity index (χ1) is 11.5. The first kappa shape index (κ1) is 15.9. The van der Waals surface area contributed by atoms with Crippen LogP contribution >= 0.6 is 0 Å². The second-order valence-corrected chi connectivity index (χ2v) is 5.53. The number of rotatable bonds is 3. The van der Waals surface area contributed by atoms with Crippen molar-refractivity contribution in [3.8, 4) is 11.5 Å². The quantitative estimate of drug-likeness (QED) is 0.909. The molecule has 2 amide bonds. The fourth-order valence-electron chi connectivity index (χ4n) is 2.46. The third-order valence-electron chi connectivity index (χ3n) is 3.58. The number of ether oxygens (including phenoxy) is 2. The van der Waals surface area contributed by atoms with Crippen LogP contribution in [0.5, 0.6) is 11.5 Å². The van der Waals surface area contributed by atoms with Crippen LogP contribution in [0.15, 0.2) is 36.4 Å². The summed E-state index contributed by atoms with van der Waals surface area (Å²) in [4.78, 5) is 23.6. The number of nitrogens with one attached hydrogen (secondary N) is 2. The third-order valence-corrected chi connectivity index (χ3v) is 3.58. The molecule has 2 aromatic rings. The van der Waals surface area contributed by atoms with Crippen LogP contribution in [0.25, 0.3) is 0 Å². The SMILES string of the molecule is CC(=O)Nc1cccc(C(=O)Nc2cc3c(cc2C)OCCO3)c1. The van der Waals surface area contributed by atoms with E-state index < -0.39 is 0 Å². The van der Waals surface area contributed by atoms with Crippen molar-refractivity contribution < 1.29 is 19.1 Å². The normalized spacial score (nSPS) is 12.4. The van der Waals surface area contributed by atoms with Crippen LogP contribution in [-0.4, -0.2) is 25.0 Å². The molecule has 1 heterocycles. The van der Waals surface area contributed by atoms with E-state index >= 15 is 0 Å². The molecule has 0 spiro atoms. The lowest BCUT2D eigenvalue weighted by Crippen LogP contribution is -2.17. The molecule has 2 N–H and O–H groups in total. The van der Waals surface area contributed by atoms with Crippen LogP contribution in [0.1, 0.15) is 22.8 Å². The molecule has 6 nitrogen and oxygen atoms in total. The van der Waals surface area contributed by atoms with Crippen LogP contribution in [-0.2, 0) is 4.79 Å². The van der Waals surface area contributed by atoms with Crippen LogP contribution in [0, 0.1) is 6.92 Å². The number of fused-ring (bicyclic) bond motifs is 1. The van der Waals surface area contributed by atoms with Crippen LogP contribution in [0.3, 0.4) is 0 Å². The summed E-state index contributed by atoms with van der Waals surface area (Å²) in [5.41, 5.74) is 2.57. The van der Waals surface area contributed by atoms with E-state index in [1.165, 1.54) is 6.92 Å². The van der Waals surface area contributed by atoms with Gasteiger partial charge in [-0.05, 0) is 36.8 Å². The minimum absolute atomic E-state index is 0.185. The van der Waals surface area contributed by atoms with Crippen molar-refractivity contribution >= 4 is 23.2 Å². The number of carbonyl (C=O) groups is 2. The molecule has 0 aromatic heterocycles. The molecular weight excluding hydrogens is 308 g/mol. The molecular formula is C18H18N2O4. The molecule has 24 heavy (non-hydrogen) atoms. The van der Waals surface area contributed by atoms with Gasteiger partial charge in [0.1, 0.15) is 13.2 Å². The first-order valence-electron chi connectivity index (χ1n) is 7.62. The lowest BCUT2D eigenvalue weighted by Gasteiger charge is -2.20. The lowest BCUT2D eigenvalue weighted by atomic mass is 10.1. The Bertz CT molecular complexity index is 802. The Morgan fingerprint density at radius 2 is 1.71 bits per heavy atom. The topological polar surface area (TPSA) is 76.7 Å². The lowest BCUT2D eigenvalue weighted by molar-refractivity contribution is -0.114. The molecule has 0 atom stereocenters. The van der Waals surface area contributed by atoms with Gasteiger partial charge in [0.25, 0.3) is 5.91 Å². The largest absolute Gasteiger partial charge is 0.486 e. The van der Waals surface area contributed by atoms with E-state index in [-0.39, 0.29) is 11.8 Å². The third kappa shape index (κ3) is 3.48. The van der Waals surface area contributed by atoms with E-state index in [0.717, 1.165) is 5.56 Å². The highest BCUT2D eigenvalue weighted by atomic mass is 16.6. The maximum absolute atomic E-state index is 12.5. The monoisotopic (exact) mass is 326 g/mol. The van der Waals surface area contributed by atoms with Gasteiger partial charge in [-0.2, -0.15) is 0 Å². The predicted octanol–water partition coefficient (Wildman–Crippen LogP) is 2.98. The molecule has 0 unspecified atom stereocenters. The van der Waals surface area contributed by atoms with Crippen molar-refractivity contribution in [2.45, 2.75) is 13.8 Å². The summed E-state index contributed by atoms with van der Waals surface area (Å²) in [6.45, 7) is 4.32. The van der Waals surface area contributed by atoms with E-state index in [0.29, 0.717) is 41.7 Å². The van der Waals surface area contributed by atoms with Gasteiger partial charge in [0.05, 0.1) is 0 Å². The summed E-state index contributed by atoms with van der Waals surface area (Å²) >= 11 is 0. The Kier molecular flexibility index (Phi) is 4.37. The molecule has 6 heteroatoms. The van der Waals surface area contributed by atoms with Gasteiger partial charge in [-0.1, -0.05) is 6.07 Å². The standard InChI is InChI=1S/C18H18N2O4/c1-11-8-16-17(24-7-6-23-16)10-15(11)20-18(22)13-4-3-5-14(9-13)19-12(2)21/h3-5,8-10H,6-7H2,1-2H3,(H,19,21)(H,20,22). The predicted molar refractivity (Wildman–Crippen MR) is 90.9 cm³/mol. The van der Waals surface area contributed by atoms with E-state index in [1.54, 1.807) is 30.3 Å². The summed E-state index contributed by atoms with van der Waals surface area (Å²) in [6, 6.07) is 10.4. The summed E-state index contributed by atoms with van der Waals surface area (Å²) in [5, 5.41) is 5.53. The van der Waals surface area contributed by atoms with E-state index in [1.807, 2.05) is 13.0 Å². The zero-order valence-electron chi connectivity index (χ0n) is 13.5. The number of aryl methyl sites for hydroxylation is 1. The number of amides is 2. The number of hydrogen-bond donors (Lipinski definition) is 2. The van der Waals surface area contributed by atoms with Gasteiger partial charge in [0, 0.05) is 29.9 Å². The van der Waals surface area contributed by atoms with Gasteiger partial charge in [-0.15, -0.1) is 0 Å². The highest BCUT2D eigenvalue weighted by molar-refractivity contribution is 6.05. The van der Waals surface area contributed by atoms with E-state index in [9.17, 15) is 9.59 Å². The first-order valence-corrected chi connectivity index (χ1v) is 7.62. The van der Waals surface area contributed by atoms with Crippen LogP contribution < -0.4 is 20.1 Å². The van der Waals surface area contributed by atoms with Gasteiger partial charge in [-0.3, -0.25) is 9.59 Å². The molecule has 1 aliphatic rings. The van der Waals surface area contributed by atoms with Gasteiger partial charge >= 0.3 is 0 Å². The van der Waals surface area contributed by atoms with Gasteiger partial charge < -0.3 is 20.1 Å². The maximum Gasteiger partial charge on any atom is 0.255 e. The Labute approximate surface area is 139 Å². The van der Waals surface area contributed by atoms with Crippen molar-refractivity contribution in [1.29, 1.82) is 0 Å². The Balaban J connectivity index is 1.81. The number of hydrogen-bond acceptors (Lipinski definition) is 4. The molecule has 124 valence electrons. The summed E-state index contributed by atoms with van der Waals surface area (Å²) in [5.74, 6) is 0.857. The van der Waals surface area contributed by atoms with Crippen molar-refractivity contribution in [1.82, 2.24) is 0 Å². The van der Waals surface area contributed by atoms with Crippen LogP contribution in [0.4, 0.5) is 11.4 Å². The molecule has 2 aromatic carbocycles. The fraction of sp³-hybridized carbons (Fsp3) is 0.222. The zero-order valence-corrected chi connectivity index (χ0v) is 13.5. The Morgan fingerprint density at radius 3 is 2.42 bits per heavy atom. The average molecular weight is 326 g/mol. The van der Waals surface area contributed by atoms with Gasteiger partial charge in [0.15, 0.2) is 11.5 Å². The molecule has 0 saturated heterocycles. The van der Waals surface area contributed by atoms with Gasteiger partial charge in [0.2, 0.25) is 5.91 Å². The fourth-order valence-corrected chi connectivity index (χ4v) is 2.46. The van der Waals surface area contributed by atoms with E-state index in [4.69, 9.17) is 9.47 Å². The minimum atomic E-state index is -0.262. The van der Waals surface area contributed by atoms with Gasteiger partial charge in [-0.25, -0.2) is 0 Å². The highest BCUT2D eigenvalue weighted by Crippen LogP contribution is 2.35. The maximum atomic E-state index is 12.5. The Hall–Kier alpha value is -3.02. The summed E-state index contributed by atoms with van der Waals surface area (Å²) < 4.78 is 11.1. The number of benzene rings is 2. The zero-order chi connectivity index (χ0) is 17.1. The molecule has 0 radical (unpaired) electrons. The molecule has 1 aliphatic heterocycles. The van der Waals surface area contributed by atoms with E-state index in [2.05, 4.69) is 10.6 Å². The number of anilines is 2. The average Bonchev–Trinajstić information content (AvgIpc) is 2.55. The number of carbonyl (C=O) groups excluding carboxylic acids is 2. The Morgan fingerprint density at radius 1 is 1.00 bits per heavy atom. The minimum Gasteiger partial charge on any atom is -0.486 e. The second-order valence-electron chi connectivity index (χ2n) is 5.53. The smallest absolute Gasteiger partial charge is 0.255 e. The van der Waals surface area contributed by atoms with Crippen molar-refractivity contribution in [2.24, 2.45) is 0 Å². The highest BCUT2D eigenvalue weighted by Gasteiger charge is 2.16. The van der Waals surface area contributed by atoms with Crippen LogP contribution in [0.2, 0.25) is 0 Å². The molecule has 0 saturated carbocycles. The van der Waals surface area contributed by atoms with Crippen molar-refractivity contribution in [3.63, 3.8) is 0 Å². The molecule has 3 rings (SSSR count).